The van der Waals surface area contributed by atoms with E-state index in [4.69, 9.17) is 16.3 Å². The molecule has 0 radical (unpaired) electrons. The Bertz CT molecular complexity index is 777. The number of ether oxygens (including phenoxy) is 1. The zero-order valence-electron chi connectivity index (χ0n) is 15.1. The van der Waals surface area contributed by atoms with Gasteiger partial charge in [0, 0.05) is 13.6 Å². The number of halogens is 1. The van der Waals surface area contributed by atoms with Crippen LogP contribution in [0.2, 0.25) is 5.02 Å². The van der Waals surface area contributed by atoms with Crippen molar-refractivity contribution in [2.45, 2.75) is 37.0 Å². The SMILES string of the molecule is COc1ccc(S(=O)(=O)N(C)CC(=O)NCCC2=CCCCC2)cc1Cl. The smallest absolute Gasteiger partial charge is 0.243 e. The Morgan fingerprint density at radius 1 is 1.35 bits per heavy atom. The molecule has 1 aromatic rings. The summed E-state index contributed by atoms with van der Waals surface area (Å²) in [6, 6.07) is 4.21. The summed E-state index contributed by atoms with van der Waals surface area (Å²) in [5.41, 5.74) is 1.37. The predicted octanol–water partition coefficient (Wildman–Crippen LogP) is 2.98. The van der Waals surface area contributed by atoms with Gasteiger partial charge < -0.3 is 10.1 Å². The summed E-state index contributed by atoms with van der Waals surface area (Å²) >= 11 is 6.00. The number of sulfonamides is 1. The number of likely N-dealkylation sites (N-methyl/N-ethyl adjacent to an activating group) is 1. The molecule has 0 aromatic heterocycles. The molecule has 6 nitrogen and oxygen atoms in total. The van der Waals surface area contributed by atoms with Crippen LogP contribution in [0.4, 0.5) is 0 Å². The molecule has 8 heteroatoms. The Balaban J connectivity index is 1.90. The molecule has 1 aromatic carbocycles. The molecule has 0 heterocycles. The lowest BCUT2D eigenvalue weighted by atomic mass is 9.97. The predicted molar refractivity (Wildman–Crippen MR) is 102 cm³/mol. The number of carbonyl (C=O) groups excluding carboxylic acids is 1. The molecule has 0 saturated carbocycles. The Labute approximate surface area is 160 Å². The molecule has 0 unspecified atom stereocenters. The first kappa shape index (κ1) is 20.7. The fourth-order valence-corrected chi connectivity index (χ4v) is 4.30. The largest absolute Gasteiger partial charge is 0.495 e. The summed E-state index contributed by atoms with van der Waals surface area (Å²) < 4.78 is 31.2. The topological polar surface area (TPSA) is 75.7 Å². The number of hydrogen-bond acceptors (Lipinski definition) is 4. The molecule has 0 fully saturated rings. The first-order valence-electron chi connectivity index (χ1n) is 8.59. The summed E-state index contributed by atoms with van der Waals surface area (Å²) in [4.78, 5) is 12.1. The minimum absolute atomic E-state index is 0.0194. The highest BCUT2D eigenvalue weighted by Gasteiger charge is 2.23. The van der Waals surface area contributed by atoms with Gasteiger partial charge >= 0.3 is 0 Å². The van der Waals surface area contributed by atoms with Crippen molar-refractivity contribution in [3.05, 3.63) is 34.9 Å². The molecule has 26 heavy (non-hydrogen) atoms. The van der Waals surface area contributed by atoms with Crippen LogP contribution in [-0.4, -0.2) is 45.9 Å². The van der Waals surface area contributed by atoms with Gasteiger partial charge in [-0.05, 0) is 50.3 Å². The summed E-state index contributed by atoms with van der Waals surface area (Å²) in [6.45, 7) is 0.276. The Morgan fingerprint density at radius 2 is 2.12 bits per heavy atom. The molecule has 0 spiro atoms. The van der Waals surface area contributed by atoms with Crippen LogP contribution in [0.15, 0.2) is 34.7 Å². The molecule has 2 rings (SSSR count). The minimum Gasteiger partial charge on any atom is -0.495 e. The molecule has 144 valence electrons. The number of amides is 1. The van der Waals surface area contributed by atoms with E-state index in [1.165, 1.54) is 50.8 Å². The van der Waals surface area contributed by atoms with Crippen LogP contribution in [0.25, 0.3) is 0 Å². The van der Waals surface area contributed by atoms with Crippen molar-refractivity contribution in [3.63, 3.8) is 0 Å². The number of methoxy groups -OCH3 is 1. The van der Waals surface area contributed by atoms with Gasteiger partial charge in [-0.2, -0.15) is 4.31 Å². The monoisotopic (exact) mass is 400 g/mol. The Morgan fingerprint density at radius 3 is 2.73 bits per heavy atom. The second kappa shape index (κ2) is 9.39. The molecule has 1 aliphatic rings. The van der Waals surface area contributed by atoms with E-state index < -0.39 is 10.0 Å². The standard InChI is InChI=1S/C18H25ClN2O4S/c1-21(13-18(22)20-11-10-14-6-4-3-5-7-14)26(23,24)15-8-9-17(25-2)16(19)12-15/h6,8-9,12H,3-5,7,10-11,13H2,1-2H3,(H,20,22). The third-order valence-electron chi connectivity index (χ3n) is 4.35. The van der Waals surface area contributed by atoms with Gasteiger partial charge in [-0.1, -0.05) is 23.3 Å². The van der Waals surface area contributed by atoms with Crippen LogP contribution >= 0.6 is 11.6 Å². The van der Waals surface area contributed by atoms with Crippen molar-refractivity contribution < 1.29 is 17.9 Å². The molecule has 0 bridgehead atoms. The number of allylic oxidation sites excluding steroid dienone is 1. The van der Waals surface area contributed by atoms with Crippen molar-refractivity contribution in [2.75, 3.05) is 27.2 Å². The van der Waals surface area contributed by atoms with Crippen LogP contribution in [0.3, 0.4) is 0 Å². The highest BCUT2D eigenvalue weighted by molar-refractivity contribution is 7.89. The van der Waals surface area contributed by atoms with E-state index in [1.807, 2.05) is 0 Å². The van der Waals surface area contributed by atoms with E-state index in [0.29, 0.717) is 12.3 Å². The summed E-state index contributed by atoms with van der Waals surface area (Å²) in [6.07, 6.45) is 7.67. The number of benzene rings is 1. The van der Waals surface area contributed by atoms with Gasteiger partial charge in [0.05, 0.1) is 23.6 Å². The molecule has 0 aliphatic heterocycles. The van der Waals surface area contributed by atoms with Crippen LogP contribution in [-0.2, 0) is 14.8 Å². The van der Waals surface area contributed by atoms with Gasteiger partial charge in [0.25, 0.3) is 0 Å². The van der Waals surface area contributed by atoms with Gasteiger partial charge in [0.1, 0.15) is 5.75 Å². The van der Waals surface area contributed by atoms with Crippen LogP contribution in [0, 0.1) is 0 Å². The first-order valence-corrected chi connectivity index (χ1v) is 10.4. The minimum atomic E-state index is -3.81. The fourth-order valence-electron chi connectivity index (χ4n) is 2.82. The molecular formula is C18H25ClN2O4S. The third kappa shape index (κ3) is 5.46. The van der Waals surface area contributed by atoms with Crippen LogP contribution in [0.1, 0.15) is 32.1 Å². The summed E-state index contributed by atoms with van der Waals surface area (Å²) in [5.74, 6) is 0.0649. The maximum Gasteiger partial charge on any atom is 0.243 e. The molecular weight excluding hydrogens is 376 g/mol. The quantitative estimate of drug-likeness (QED) is 0.680. The highest BCUT2D eigenvalue weighted by atomic mass is 35.5. The number of carbonyl (C=O) groups is 1. The molecule has 0 atom stereocenters. The van der Waals surface area contributed by atoms with Crippen molar-refractivity contribution >= 4 is 27.5 Å². The van der Waals surface area contributed by atoms with Crippen LogP contribution < -0.4 is 10.1 Å². The van der Waals surface area contributed by atoms with Gasteiger partial charge in [0.2, 0.25) is 15.9 Å². The number of hydrogen-bond donors (Lipinski definition) is 1. The number of nitrogens with zero attached hydrogens (tertiary/aromatic N) is 1. The zero-order chi connectivity index (χ0) is 19.2. The van der Waals surface area contributed by atoms with E-state index in [1.54, 1.807) is 0 Å². The summed E-state index contributed by atoms with van der Waals surface area (Å²) in [7, 11) is -0.981. The highest BCUT2D eigenvalue weighted by Crippen LogP contribution is 2.28. The number of nitrogens with one attached hydrogen (secondary N) is 1. The normalized spacial score (nSPS) is 14.8. The van der Waals surface area contributed by atoms with Crippen molar-refractivity contribution in [2.24, 2.45) is 0 Å². The Kier molecular flexibility index (Phi) is 7.49. The van der Waals surface area contributed by atoms with Gasteiger partial charge in [-0.3, -0.25) is 4.79 Å². The van der Waals surface area contributed by atoms with Crippen molar-refractivity contribution in [3.8, 4) is 5.75 Å². The second-order valence-corrected chi connectivity index (χ2v) is 8.72. The van der Waals surface area contributed by atoms with E-state index in [9.17, 15) is 13.2 Å². The zero-order valence-corrected chi connectivity index (χ0v) is 16.7. The maximum atomic E-state index is 12.6. The van der Waals surface area contributed by atoms with E-state index in [2.05, 4.69) is 11.4 Å². The second-order valence-electron chi connectivity index (χ2n) is 6.27. The van der Waals surface area contributed by atoms with E-state index >= 15 is 0 Å². The molecule has 1 amide bonds. The van der Waals surface area contributed by atoms with Crippen molar-refractivity contribution in [1.29, 1.82) is 0 Å². The molecule has 1 N–H and O–H groups in total. The first-order chi connectivity index (χ1) is 12.3. The third-order valence-corrected chi connectivity index (χ3v) is 6.45. The summed E-state index contributed by atoms with van der Waals surface area (Å²) in [5, 5.41) is 2.98. The Hall–Kier alpha value is -1.57. The average molecular weight is 401 g/mol. The molecule has 0 saturated heterocycles. The van der Waals surface area contributed by atoms with Gasteiger partial charge in [-0.25, -0.2) is 8.42 Å². The van der Waals surface area contributed by atoms with E-state index in [-0.39, 0.29) is 22.4 Å². The molecule has 1 aliphatic carbocycles. The average Bonchev–Trinajstić information content (AvgIpc) is 2.62. The van der Waals surface area contributed by atoms with Crippen LogP contribution in [0.5, 0.6) is 5.75 Å². The lowest BCUT2D eigenvalue weighted by Crippen LogP contribution is -2.38. The van der Waals surface area contributed by atoms with Gasteiger partial charge in [-0.15, -0.1) is 0 Å². The number of rotatable bonds is 8. The maximum absolute atomic E-state index is 12.6. The fraction of sp³-hybridized carbons (Fsp3) is 0.500. The van der Waals surface area contributed by atoms with E-state index in [0.717, 1.165) is 23.6 Å². The van der Waals surface area contributed by atoms with Crippen molar-refractivity contribution in [1.82, 2.24) is 9.62 Å². The lowest BCUT2D eigenvalue weighted by Gasteiger charge is -2.18. The lowest BCUT2D eigenvalue weighted by molar-refractivity contribution is -0.121. The van der Waals surface area contributed by atoms with Gasteiger partial charge in [0.15, 0.2) is 0 Å².